The summed E-state index contributed by atoms with van der Waals surface area (Å²) in [6, 6.07) is 10.6. The number of nitrogens with zero attached hydrogens (tertiary/aromatic N) is 3. The van der Waals surface area contributed by atoms with E-state index in [0.717, 1.165) is 37.7 Å². The molecule has 2 heterocycles. The first kappa shape index (κ1) is 12.2. The number of rotatable bonds is 2. The minimum atomic E-state index is 1.03. The second-order valence-electron chi connectivity index (χ2n) is 5.13. The lowest BCUT2D eigenvalue weighted by Gasteiger charge is -2.27. The predicted octanol–water partition coefficient (Wildman–Crippen LogP) is 1.90. The molecule has 0 saturated carbocycles. The lowest BCUT2D eigenvalue weighted by atomic mass is 10.2. The van der Waals surface area contributed by atoms with E-state index >= 15 is 0 Å². The second kappa shape index (κ2) is 5.05. The van der Waals surface area contributed by atoms with Crippen LogP contribution in [0.4, 0.5) is 5.82 Å². The van der Waals surface area contributed by atoms with Crippen molar-refractivity contribution < 1.29 is 0 Å². The summed E-state index contributed by atoms with van der Waals surface area (Å²) < 4.78 is 2.03. The molecule has 1 fully saturated rings. The van der Waals surface area contributed by atoms with E-state index in [-0.39, 0.29) is 0 Å². The molecule has 3 rings (SSSR count). The van der Waals surface area contributed by atoms with Gasteiger partial charge in [-0.1, -0.05) is 12.1 Å². The zero-order valence-electron chi connectivity index (χ0n) is 11.6. The van der Waals surface area contributed by atoms with E-state index in [1.807, 2.05) is 4.68 Å². The third-order valence-electron chi connectivity index (χ3n) is 3.56. The molecular weight excluding hydrogens is 236 g/mol. The number of hydrogen-bond donors (Lipinski definition) is 1. The number of nitrogens with one attached hydrogen (secondary N) is 1. The molecule has 0 aliphatic carbocycles. The van der Waals surface area contributed by atoms with Gasteiger partial charge >= 0.3 is 0 Å². The topological polar surface area (TPSA) is 33.1 Å². The molecule has 0 radical (unpaired) electrons. The van der Waals surface area contributed by atoms with Gasteiger partial charge < -0.3 is 10.2 Å². The lowest BCUT2D eigenvalue weighted by molar-refractivity contribution is 0.583. The second-order valence-corrected chi connectivity index (χ2v) is 5.13. The summed E-state index contributed by atoms with van der Waals surface area (Å²) in [5.41, 5.74) is 3.58. The summed E-state index contributed by atoms with van der Waals surface area (Å²) in [6.07, 6.45) is 0. The van der Waals surface area contributed by atoms with Crippen molar-refractivity contribution in [3.63, 3.8) is 0 Å². The lowest BCUT2D eigenvalue weighted by Crippen LogP contribution is -2.43. The van der Waals surface area contributed by atoms with Crippen LogP contribution in [0.3, 0.4) is 0 Å². The molecule has 1 aliphatic heterocycles. The van der Waals surface area contributed by atoms with Crippen LogP contribution in [0.2, 0.25) is 0 Å². The van der Waals surface area contributed by atoms with E-state index in [1.165, 1.54) is 11.3 Å². The SMILES string of the molecule is Cc1cccc(-n2nc(N3CCNCC3)cc2C)c1. The molecule has 100 valence electrons. The Morgan fingerprint density at radius 3 is 2.63 bits per heavy atom. The molecule has 0 amide bonds. The molecule has 0 spiro atoms. The van der Waals surface area contributed by atoms with Gasteiger partial charge in [-0.15, -0.1) is 0 Å². The first-order valence-corrected chi connectivity index (χ1v) is 6.83. The molecule has 0 unspecified atom stereocenters. The van der Waals surface area contributed by atoms with Crippen LogP contribution in [-0.4, -0.2) is 36.0 Å². The van der Waals surface area contributed by atoms with Crippen LogP contribution in [0.25, 0.3) is 5.69 Å². The highest BCUT2D eigenvalue weighted by molar-refractivity contribution is 5.45. The minimum absolute atomic E-state index is 1.03. The zero-order chi connectivity index (χ0) is 13.2. The number of anilines is 1. The van der Waals surface area contributed by atoms with E-state index in [1.54, 1.807) is 0 Å². The summed E-state index contributed by atoms with van der Waals surface area (Å²) in [4.78, 5) is 2.34. The van der Waals surface area contributed by atoms with Crippen LogP contribution in [0.1, 0.15) is 11.3 Å². The molecule has 0 atom stereocenters. The number of benzene rings is 1. The molecule has 1 N–H and O–H groups in total. The van der Waals surface area contributed by atoms with Crippen LogP contribution in [0, 0.1) is 13.8 Å². The smallest absolute Gasteiger partial charge is 0.151 e. The highest BCUT2D eigenvalue weighted by Crippen LogP contribution is 2.19. The van der Waals surface area contributed by atoms with E-state index in [0.29, 0.717) is 0 Å². The first-order chi connectivity index (χ1) is 9.24. The largest absolute Gasteiger partial charge is 0.353 e. The minimum Gasteiger partial charge on any atom is -0.353 e. The van der Waals surface area contributed by atoms with Gasteiger partial charge in [0.2, 0.25) is 0 Å². The first-order valence-electron chi connectivity index (χ1n) is 6.83. The number of aromatic nitrogens is 2. The maximum Gasteiger partial charge on any atom is 0.151 e. The third-order valence-corrected chi connectivity index (χ3v) is 3.56. The molecule has 4 nitrogen and oxygen atoms in total. The van der Waals surface area contributed by atoms with Crippen molar-refractivity contribution in [1.29, 1.82) is 0 Å². The van der Waals surface area contributed by atoms with E-state index < -0.39 is 0 Å². The third kappa shape index (κ3) is 2.49. The maximum absolute atomic E-state index is 4.76. The molecule has 1 aromatic carbocycles. The standard InChI is InChI=1S/C15H20N4/c1-12-4-3-5-14(10-12)19-13(2)11-15(17-19)18-8-6-16-7-9-18/h3-5,10-11,16H,6-9H2,1-2H3. The molecule has 1 saturated heterocycles. The summed E-state index contributed by atoms with van der Waals surface area (Å²) in [5.74, 6) is 1.08. The van der Waals surface area contributed by atoms with Crippen molar-refractivity contribution in [3.05, 3.63) is 41.6 Å². The Hall–Kier alpha value is -1.81. The average Bonchev–Trinajstić information content (AvgIpc) is 2.82. The molecular formula is C15H20N4. The van der Waals surface area contributed by atoms with Gasteiger partial charge in [-0.25, -0.2) is 4.68 Å². The van der Waals surface area contributed by atoms with Gasteiger partial charge in [0.25, 0.3) is 0 Å². The molecule has 19 heavy (non-hydrogen) atoms. The number of hydrogen-bond acceptors (Lipinski definition) is 3. The van der Waals surface area contributed by atoms with Crippen LogP contribution in [0.5, 0.6) is 0 Å². The summed E-state index contributed by atoms with van der Waals surface area (Å²) >= 11 is 0. The van der Waals surface area contributed by atoms with Crippen LogP contribution in [-0.2, 0) is 0 Å². The maximum atomic E-state index is 4.76. The Balaban J connectivity index is 1.92. The Kier molecular flexibility index (Phi) is 3.25. The molecule has 4 heteroatoms. The van der Waals surface area contributed by atoms with Gasteiger partial charge in [0.05, 0.1) is 5.69 Å². The van der Waals surface area contributed by atoms with Crippen molar-refractivity contribution in [2.75, 3.05) is 31.1 Å². The van der Waals surface area contributed by atoms with Crippen LogP contribution in [0.15, 0.2) is 30.3 Å². The van der Waals surface area contributed by atoms with Crippen molar-refractivity contribution in [1.82, 2.24) is 15.1 Å². The fraction of sp³-hybridized carbons (Fsp3) is 0.400. The Labute approximate surface area is 114 Å². The Bertz CT molecular complexity index is 567. The Morgan fingerprint density at radius 1 is 1.11 bits per heavy atom. The van der Waals surface area contributed by atoms with Crippen molar-refractivity contribution in [2.24, 2.45) is 0 Å². The van der Waals surface area contributed by atoms with Crippen molar-refractivity contribution in [2.45, 2.75) is 13.8 Å². The van der Waals surface area contributed by atoms with Gasteiger partial charge in [0.1, 0.15) is 0 Å². The van der Waals surface area contributed by atoms with Gasteiger partial charge in [0.15, 0.2) is 5.82 Å². The summed E-state index contributed by atoms with van der Waals surface area (Å²) in [6.45, 7) is 8.36. The van der Waals surface area contributed by atoms with E-state index in [9.17, 15) is 0 Å². The fourth-order valence-corrected chi connectivity index (χ4v) is 2.53. The highest BCUT2D eigenvalue weighted by Gasteiger charge is 2.15. The monoisotopic (exact) mass is 256 g/mol. The normalized spacial score (nSPS) is 15.8. The average molecular weight is 256 g/mol. The summed E-state index contributed by atoms with van der Waals surface area (Å²) in [7, 11) is 0. The molecule has 1 aromatic heterocycles. The van der Waals surface area contributed by atoms with Crippen LogP contribution >= 0.6 is 0 Å². The quantitative estimate of drug-likeness (QED) is 0.891. The van der Waals surface area contributed by atoms with E-state index in [2.05, 4.69) is 54.4 Å². The number of piperazine rings is 1. The van der Waals surface area contributed by atoms with E-state index in [4.69, 9.17) is 5.10 Å². The fourth-order valence-electron chi connectivity index (χ4n) is 2.53. The molecule has 0 bridgehead atoms. The van der Waals surface area contributed by atoms with Crippen molar-refractivity contribution in [3.8, 4) is 5.69 Å². The van der Waals surface area contributed by atoms with Gasteiger partial charge in [-0.2, -0.15) is 5.10 Å². The van der Waals surface area contributed by atoms with Crippen molar-refractivity contribution >= 4 is 5.82 Å². The van der Waals surface area contributed by atoms with Gasteiger partial charge in [0, 0.05) is 37.9 Å². The predicted molar refractivity (Wildman–Crippen MR) is 78.1 cm³/mol. The highest BCUT2D eigenvalue weighted by atomic mass is 15.4. The van der Waals surface area contributed by atoms with Gasteiger partial charge in [-0.05, 0) is 31.5 Å². The van der Waals surface area contributed by atoms with Gasteiger partial charge in [-0.3, -0.25) is 0 Å². The molecule has 1 aliphatic rings. The van der Waals surface area contributed by atoms with Crippen LogP contribution < -0.4 is 10.2 Å². The Morgan fingerprint density at radius 2 is 1.89 bits per heavy atom. The molecule has 2 aromatic rings. The summed E-state index contributed by atoms with van der Waals surface area (Å²) in [5, 5.41) is 8.13. The zero-order valence-corrected chi connectivity index (χ0v) is 11.6. The number of aryl methyl sites for hydroxylation is 2.